The molecule has 0 saturated heterocycles. The molecule has 2 amide bonds. The minimum absolute atomic E-state index is 0.0193. The number of anilines is 4. The van der Waals surface area contributed by atoms with Crippen LogP contribution in [0.25, 0.3) is 43.9 Å². The van der Waals surface area contributed by atoms with E-state index in [0.717, 1.165) is 24.6 Å². The van der Waals surface area contributed by atoms with Crippen LogP contribution < -0.4 is 29.6 Å². The van der Waals surface area contributed by atoms with Crippen LogP contribution in [-0.2, 0) is 20.0 Å². The molecule has 0 atom stereocenters. The summed E-state index contributed by atoms with van der Waals surface area (Å²) in [6.45, 7) is -6.28. The van der Waals surface area contributed by atoms with Crippen molar-refractivity contribution >= 4 is 145 Å². The maximum absolute atomic E-state index is 13.1. The van der Waals surface area contributed by atoms with Crippen LogP contribution in [0, 0.1) is 0 Å². The molecule has 0 unspecified atom stereocenters. The third kappa shape index (κ3) is 10.7. The van der Waals surface area contributed by atoms with Gasteiger partial charge < -0.3 is 28.9 Å². The second kappa shape index (κ2) is 18.9. The smallest absolute Gasteiger partial charge is 0.387 e. The summed E-state index contributed by atoms with van der Waals surface area (Å²) in [5.41, 5.74) is 0.781. The summed E-state index contributed by atoms with van der Waals surface area (Å²) in [5.74, 6) is -1.96. The van der Waals surface area contributed by atoms with E-state index in [1.54, 1.807) is 0 Å². The van der Waals surface area contributed by atoms with Crippen LogP contribution in [0.3, 0.4) is 0 Å². The number of rotatable bonds is 12. The number of ether oxygens (including phenoxy) is 2. The number of halogens is 8. The van der Waals surface area contributed by atoms with Crippen molar-refractivity contribution in [1.82, 2.24) is 9.97 Å². The topological polar surface area (TPSA) is 221 Å². The molecule has 16 nitrogen and oxygen atoms in total. The standard InChI is InChI=1S/2C20H13Cl2F2N3O5S/c2*1-33(29,30)27-9-2-4-14-11(6-9)16-10(3-5-15(18(16)31-14)32-20(23)24)19(28)26-17-12(21)7-25-8-13(17)22/h2*2-8,20,27H,1H3,(H,25,26,28). The van der Waals surface area contributed by atoms with Crippen LogP contribution in [0.15, 0.2) is 94.3 Å². The highest BCUT2D eigenvalue weighted by molar-refractivity contribution is 7.92. The minimum atomic E-state index is -3.60. The van der Waals surface area contributed by atoms with E-state index < -0.39 is 45.1 Å². The third-order valence-electron chi connectivity index (χ3n) is 8.88. The van der Waals surface area contributed by atoms with Crippen molar-refractivity contribution in [3.8, 4) is 11.5 Å². The summed E-state index contributed by atoms with van der Waals surface area (Å²) in [7, 11) is -7.20. The van der Waals surface area contributed by atoms with Gasteiger partial charge in [-0.3, -0.25) is 29.0 Å². The molecular formula is C40H26Cl4F4N6O10S2. The number of hydrogen-bond acceptors (Lipinski definition) is 12. The SMILES string of the molecule is CS(=O)(=O)Nc1ccc2oc3c(OC(F)F)ccc(C(=O)Nc4c(Cl)cncc4Cl)c3c2c1.CS(=O)(=O)Nc1ccc2oc3c(OC(F)F)ccc(C(=O)Nc4c(Cl)cncc4Cl)c3c2c1. The van der Waals surface area contributed by atoms with Gasteiger partial charge in [-0.1, -0.05) is 46.4 Å². The number of hydrogen-bond donors (Lipinski definition) is 4. The maximum atomic E-state index is 13.1. The summed E-state index contributed by atoms with van der Waals surface area (Å²) in [6.07, 6.45) is 7.09. The fourth-order valence-corrected chi connectivity index (χ4v) is 8.48. The van der Waals surface area contributed by atoms with E-state index in [1.165, 1.54) is 73.3 Å². The van der Waals surface area contributed by atoms with Gasteiger partial charge in [-0.05, 0) is 60.7 Å². The lowest BCUT2D eigenvalue weighted by atomic mass is 10.0. The monoisotopic (exact) mass is 1030 g/mol. The lowest BCUT2D eigenvalue weighted by molar-refractivity contribution is -0.0500. The quantitative estimate of drug-likeness (QED) is 0.0840. The molecule has 8 aromatic rings. The molecule has 0 radical (unpaired) electrons. The molecule has 0 spiro atoms. The zero-order valence-corrected chi connectivity index (χ0v) is 37.7. The van der Waals surface area contributed by atoms with E-state index in [0.29, 0.717) is 0 Å². The van der Waals surface area contributed by atoms with Gasteiger partial charge in [0.1, 0.15) is 11.2 Å². The molecule has 4 aromatic carbocycles. The summed E-state index contributed by atoms with van der Waals surface area (Å²) in [4.78, 5) is 33.9. The van der Waals surface area contributed by atoms with Gasteiger partial charge in [0, 0.05) is 57.7 Å². The maximum Gasteiger partial charge on any atom is 0.387 e. The average molecular weight is 1030 g/mol. The predicted octanol–water partition coefficient (Wildman–Crippen LogP) is 11.0. The van der Waals surface area contributed by atoms with E-state index in [9.17, 15) is 44.0 Å². The zero-order chi connectivity index (χ0) is 47.8. The molecular weight excluding hydrogens is 1010 g/mol. The number of benzene rings is 4. The van der Waals surface area contributed by atoms with E-state index in [2.05, 4.69) is 39.5 Å². The van der Waals surface area contributed by atoms with Gasteiger partial charge in [0.15, 0.2) is 22.7 Å². The van der Waals surface area contributed by atoms with Gasteiger partial charge in [-0.2, -0.15) is 17.6 Å². The van der Waals surface area contributed by atoms with Crippen molar-refractivity contribution < 1.29 is 62.3 Å². The van der Waals surface area contributed by atoms with Crippen molar-refractivity contribution in [2.75, 3.05) is 32.6 Å². The van der Waals surface area contributed by atoms with Crippen molar-refractivity contribution in [3.05, 3.63) is 117 Å². The molecule has 8 rings (SSSR count). The highest BCUT2D eigenvalue weighted by Gasteiger charge is 2.25. The minimum Gasteiger partial charge on any atom is -0.452 e. The Morgan fingerprint density at radius 1 is 0.576 bits per heavy atom. The largest absolute Gasteiger partial charge is 0.452 e. The molecule has 4 N–H and O–H groups in total. The molecule has 0 fully saturated rings. The Labute approximate surface area is 389 Å². The first-order valence-electron chi connectivity index (χ1n) is 18.1. The second-order valence-electron chi connectivity index (χ2n) is 13.6. The first-order valence-corrected chi connectivity index (χ1v) is 23.4. The van der Waals surface area contributed by atoms with Crippen LogP contribution in [0.2, 0.25) is 20.1 Å². The summed E-state index contributed by atoms with van der Waals surface area (Å²) >= 11 is 24.3. The summed E-state index contributed by atoms with van der Waals surface area (Å²) < 4.78 is 123. The van der Waals surface area contributed by atoms with E-state index in [-0.39, 0.29) is 109 Å². The highest BCUT2D eigenvalue weighted by atomic mass is 35.5. The number of sulfonamides is 2. The third-order valence-corrected chi connectivity index (χ3v) is 11.2. The molecule has 4 heterocycles. The Bertz CT molecular complexity index is 3200. The summed E-state index contributed by atoms with van der Waals surface area (Å²) in [5, 5.41) is 6.30. The normalized spacial score (nSPS) is 11.8. The molecule has 0 bridgehead atoms. The van der Waals surface area contributed by atoms with Crippen molar-refractivity contribution in [2.24, 2.45) is 0 Å². The molecule has 0 aliphatic rings. The summed E-state index contributed by atoms with van der Waals surface area (Å²) in [6, 6.07) is 13.4. The predicted molar refractivity (Wildman–Crippen MR) is 242 cm³/mol. The number of pyridine rings is 2. The van der Waals surface area contributed by atoms with Gasteiger partial charge in [0.2, 0.25) is 20.0 Å². The molecule has 0 saturated carbocycles. The Morgan fingerprint density at radius 2 is 0.924 bits per heavy atom. The lowest BCUT2D eigenvalue weighted by Crippen LogP contribution is -2.13. The lowest BCUT2D eigenvalue weighted by Gasteiger charge is -2.11. The van der Waals surface area contributed by atoms with E-state index in [4.69, 9.17) is 55.2 Å². The number of fused-ring (bicyclic) bond motifs is 6. The van der Waals surface area contributed by atoms with Crippen LogP contribution in [-0.4, -0.2) is 64.4 Å². The Morgan fingerprint density at radius 3 is 1.24 bits per heavy atom. The fourth-order valence-electron chi connectivity index (χ4n) is 6.45. The van der Waals surface area contributed by atoms with Crippen molar-refractivity contribution in [1.29, 1.82) is 0 Å². The molecule has 4 aromatic heterocycles. The van der Waals surface area contributed by atoms with Crippen LogP contribution in [0.5, 0.6) is 11.5 Å². The number of carbonyl (C=O) groups excluding carboxylic acids is 2. The first-order chi connectivity index (χ1) is 31.1. The average Bonchev–Trinajstić information content (AvgIpc) is 3.79. The fraction of sp³-hybridized carbons (Fsp3) is 0.100. The Kier molecular flexibility index (Phi) is 13.6. The van der Waals surface area contributed by atoms with Gasteiger partial charge >= 0.3 is 13.2 Å². The molecule has 66 heavy (non-hydrogen) atoms. The van der Waals surface area contributed by atoms with E-state index >= 15 is 0 Å². The van der Waals surface area contributed by atoms with Crippen molar-refractivity contribution in [3.63, 3.8) is 0 Å². The van der Waals surface area contributed by atoms with Crippen LogP contribution in [0.1, 0.15) is 20.7 Å². The molecule has 0 aliphatic carbocycles. The first kappa shape index (κ1) is 47.7. The second-order valence-corrected chi connectivity index (χ2v) is 18.8. The molecule has 0 aliphatic heterocycles. The number of carbonyl (C=O) groups is 2. The van der Waals surface area contributed by atoms with Crippen LogP contribution >= 0.6 is 46.4 Å². The number of aromatic nitrogens is 2. The van der Waals surface area contributed by atoms with Crippen LogP contribution in [0.4, 0.5) is 40.3 Å². The van der Waals surface area contributed by atoms with Gasteiger partial charge in [-0.15, -0.1) is 0 Å². The number of nitrogens with one attached hydrogen (secondary N) is 4. The van der Waals surface area contributed by atoms with Gasteiger partial charge in [-0.25, -0.2) is 16.8 Å². The number of alkyl halides is 4. The number of furan rings is 2. The number of nitrogens with zero attached hydrogens (tertiary/aromatic N) is 2. The van der Waals surface area contributed by atoms with Gasteiger partial charge in [0.25, 0.3) is 11.8 Å². The van der Waals surface area contributed by atoms with Crippen molar-refractivity contribution in [2.45, 2.75) is 13.2 Å². The van der Waals surface area contributed by atoms with E-state index in [1.807, 2.05) is 0 Å². The van der Waals surface area contributed by atoms with Gasteiger partial charge in [0.05, 0.1) is 55.1 Å². The zero-order valence-electron chi connectivity index (χ0n) is 33.1. The Hall–Kier alpha value is -6.30. The Balaban J connectivity index is 0.000000196. The number of amides is 2. The molecule has 344 valence electrons. The highest BCUT2D eigenvalue weighted by Crippen LogP contribution is 2.42. The molecule has 26 heteroatoms.